The van der Waals surface area contributed by atoms with E-state index in [-0.39, 0.29) is 0 Å². The lowest BCUT2D eigenvalue weighted by Gasteiger charge is -2.02. The molecule has 1 aromatic heterocycles. The molecule has 0 spiro atoms. The van der Waals surface area contributed by atoms with E-state index < -0.39 is 0 Å². The number of nitrogens with zero attached hydrogens (tertiary/aromatic N) is 1. The standard InChI is InChI=1S/C21H18N2O/c1-14-12-17(10-11-18(14)22)21-23-19-9-5-8-16(20(19)24-21)13-15-6-3-2-4-7-15/h2-12H,13,22H2,1H3. The minimum atomic E-state index is 0.633. The van der Waals surface area contributed by atoms with Crippen LogP contribution in [0.25, 0.3) is 22.6 Å². The Morgan fingerprint density at radius 3 is 2.58 bits per heavy atom. The maximum atomic E-state index is 6.10. The zero-order chi connectivity index (χ0) is 16.5. The fourth-order valence-corrected chi connectivity index (χ4v) is 2.89. The van der Waals surface area contributed by atoms with Crippen molar-refractivity contribution in [3.8, 4) is 11.5 Å². The first-order valence-corrected chi connectivity index (χ1v) is 7.99. The van der Waals surface area contributed by atoms with Crippen LogP contribution in [0.1, 0.15) is 16.7 Å². The Bertz CT molecular complexity index is 1000. The first-order valence-electron chi connectivity index (χ1n) is 7.99. The lowest BCUT2D eigenvalue weighted by molar-refractivity contribution is 0.616. The van der Waals surface area contributed by atoms with E-state index in [1.54, 1.807) is 0 Å². The number of hydrogen-bond donors (Lipinski definition) is 1. The number of hydrogen-bond acceptors (Lipinski definition) is 3. The Morgan fingerprint density at radius 1 is 0.958 bits per heavy atom. The molecule has 0 saturated heterocycles. The van der Waals surface area contributed by atoms with Gasteiger partial charge in [0.25, 0.3) is 0 Å². The smallest absolute Gasteiger partial charge is 0.227 e. The minimum absolute atomic E-state index is 0.633. The van der Waals surface area contributed by atoms with Crippen LogP contribution in [0.5, 0.6) is 0 Å². The Morgan fingerprint density at radius 2 is 1.79 bits per heavy atom. The second kappa shape index (κ2) is 5.85. The number of oxazole rings is 1. The molecule has 0 amide bonds. The van der Waals surface area contributed by atoms with E-state index in [0.717, 1.165) is 39.9 Å². The summed E-state index contributed by atoms with van der Waals surface area (Å²) in [6.07, 6.45) is 0.827. The molecule has 0 saturated carbocycles. The highest BCUT2D eigenvalue weighted by Gasteiger charge is 2.12. The Hall–Kier alpha value is -3.07. The van der Waals surface area contributed by atoms with Gasteiger partial charge in [0, 0.05) is 23.2 Å². The van der Waals surface area contributed by atoms with Crippen LogP contribution in [-0.4, -0.2) is 4.98 Å². The number of rotatable bonds is 3. The summed E-state index contributed by atoms with van der Waals surface area (Å²) in [7, 11) is 0. The topological polar surface area (TPSA) is 52.0 Å². The second-order valence-corrected chi connectivity index (χ2v) is 6.02. The molecule has 1 heterocycles. The highest BCUT2D eigenvalue weighted by molar-refractivity contribution is 5.80. The number of nitrogens with two attached hydrogens (primary N) is 1. The molecule has 0 bridgehead atoms. The van der Waals surface area contributed by atoms with E-state index in [1.807, 2.05) is 43.3 Å². The molecule has 3 heteroatoms. The summed E-state index contributed by atoms with van der Waals surface area (Å²) in [6.45, 7) is 1.99. The van der Waals surface area contributed by atoms with Crippen LogP contribution >= 0.6 is 0 Å². The molecule has 118 valence electrons. The molecule has 3 aromatic carbocycles. The molecule has 0 unspecified atom stereocenters. The molecule has 0 aliphatic rings. The van der Waals surface area contributed by atoms with Crippen molar-refractivity contribution >= 4 is 16.8 Å². The molecule has 4 rings (SSSR count). The van der Waals surface area contributed by atoms with Gasteiger partial charge in [-0.2, -0.15) is 0 Å². The zero-order valence-electron chi connectivity index (χ0n) is 13.5. The largest absolute Gasteiger partial charge is 0.436 e. The van der Waals surface area contributed by atoms with E-state index in [2.05, 4.69) is 35.3 Å². The van der Waals surface area contributed by atoms with Crippen LogP contribution in [0.3, 0.4) is 0 Å². The van der Waals surface area contributed by atoms with E-state index >= 15 is 0 Å². The highest BCUT2D eigenvalue weighted by atomic mass is 16.3. The second-order valence-electron chi connectivity index (χ2n) is 6.02. The molecule has 3 nitrogen and oxygen atoms in total. The zero-order valence-corrected chi connectivity index (χ0v) is 13.5. The van der Waals surface area contributed by atoms with Crippen LogP contribution in [0.4, 0.5) is 5.69 Å². The van der Waals surface area contributed by atoms with Gasteiger partial charge in [0.1, 0.15) is 5.52 Å². The van der Waals surface area contributed by atoms with Crippen LogP contribution in [0.15, 0.2) is 71.1 Å². The third-order valence-corrected chi connectivity index (χ3v) is 4.25. The van der Waals surface area contributed by atoms with Gasteiger partial charge in [-0.3, -0.25) is 0 Å². The van der Waals surface area contributed by atoms with Crippen LogP contribution < -0.4 is 5.73 Å². The molecule has 4 aromatic rings. The number of anilines is 1. The number of benzene rings is 3. The van der Waals surface area contributed by atoms with Gasteiger partial charge in [0.05, 0.1) is 0 Å². The van der Waals surface area contributed by atoms with Crippen molar-refractivity contribution in [1.29, 1.82) is 0 Å². The number of fused-ring (bicyclic) bond motifs is 1. The van der Waals surface area contributed by atoms with Gasteiger partial charge in [-0.1, -0.05) is 42.5 Å². The van der Waals surface area contributed by atoms with Crippen molar-refractivity contribution in [3.05, 3.63) is 83.4 Å². The molecule has 0 radical (unpaired) electrons. The molecular weight excluding hydrogens is 296 g/mol. The van der Waals surface area contributed by atoms with Gasteiger partial charge in [0.15, 0.2) is 5.58 Å². The summed E-state index contributed by atoms with van der Waals surface area (Å²) in [4.78, 5) is 4.65. The van der Waals surface area contributed by atoms with Crippen molar-refractivity contribution < 1.29 is 4.42 Å². The summed E-state index contributed by atoms with van der Waals surface area (Å²) in [5.74, 6) is 0.633. The summed E-state index contributed by atoms with van der Waals surface area (Å²) in [6, 6.07) is 22.3. The summed E-state index contributed by atoms with van der Waals surface area (Å²) in [5.41, 5.74) is 12.8. The lowest BCUT2D eigenvalue weighted by atomic mass is 10.0. The maximum absolute atomic E-state index is 6.10. The molecular formula is C21H18N2O. The highest BCUT2D eigenvalue weighted by Crippen LogP contribution is 2.29. The number of aromatic nitrogens is 1. The van der Waals surface area contributed by atoms with Gasteiger partial charge in [-0.05, 0) is 42.3 Å². The average Bonchev–Trinajstić information content (AvgIpc) is 3.04. The average molecular weight is 314 g/mol. The quantitative estimate of drug-likeness (QED) is 0.543. The third-order valence-electron chi connectivity index (χ3n) is 4.25. The molecule has 0 aliphatic heterocycles. The molecule has 0 aliphatic carbocycles. The van der Waals surface area contributed by atoms with Gasteiger partial charge in [0.2, 0.25) is 5.89 Å². The minimum Gasteiger partial charge on any atom is -0.436 e. The van der Waals surface area contributed by atoms with E-state index in [4.69, 9.17) is 10.2 Å². The lowest BCUT2D eigenvalue weighted by Crippen LogP contribution is -1.89. The van der Waals surface area contributed by atoms with Crippen molar-refractivity contribution in [2.45, 2.75) is 13.3 Å². The predicted octanol–water partition coefficient (Wildman–Crippen LogP) is 4.98. The van der Waals surface area contributed by atoms with Gasteiger partial charge >= 0.3 is 0 Å². The molecule has 24 heavy (non-hydrogen) atoms. The van der Waals surface area contributed by atoms with Gasteiger partial charge < -0.3 is 10.2 Å². The predicted molar refractivity (Wildman–Crippen MR) is 97.8 cm³/mol. The first-order chi connectivity index (χ1) is 11.7. The van der Waals surface area contributed by atoms with Crippen molar-refractivity contribution in [1.82, 2.24) is 4.98 Å². The first kappa shape index (κ1) is 14.5. The van der Waals surface area contributed by atoms with Crippen LogP contribution in [0, 0.1) is 6.92 Å². The number of aryl methyl sites for hydroxylation is 1. The molecule has 0 atom stereocenters. The summed E-state index contributed by atoms with van der Waals surface area (Å²) < 4.78 is 6.10. The van der Waals surface area contributed by atoms with E-state index in [0.29, 0.717) is 5.89 Å². The number of para-hydroxylation sites is 1. The monoisotopic (exact) mass is 314 g/mol. The van der Waals surface area contributed by atoms with Gasteiger partial charge in [-0.25, -0.2) is 4.98 Å². The van der Waals surface area contributed by atoms with Crippen LogP contribution in [0.2, 0.25) is 0 Å². The third kappa shape index (κ3) is 2.65. The van der Waals surface area contributed by atoms with E-state index in [1.165, 1.54) is 5.56 Å². The number of nitrogen functional groups attached to an aromatic ring is 1. The summed E-state index contributed by atoms with van der Waals surface area (Å²) >= 11 is 0. The SMILES string of the molecule is Cc1cc(-c2nc3cccc(Cc4ccccc4)c3o2)ccc1N. The van der Waals surface area contributed by atoms with Gasteiger partial charge in [-0.15, -0.1) is 0 Å². The fourth-order valence-electron chi connectivity index (χ4n) is 2.89. The Balaban J connectivity index is 1.78. The summed E-state index contributed by atoms with van der Waals surface area (Å²) in [5, 5.41) is 0. The Labute approximate surface area is 140 Å². The van der Waals surface area contributed by atoms with E-state index in [9.17, 15) is 0 Å². The van der Waals surface area contributed by atoms with Crippen molar-refractivity contribution in [2.75, 3.05) is 5.73 Å². The molecule has 0 fully saturated rings. The molecule has 2 N–H and O–H groups in total. The van der Waals surface area contributed by atoms with Crippen LogP contribution in [-0.2, 0) is 6.42 Å². The van der Waals surface area contributed by atoms with Crippen molar-refractivity contribution in [2.24, 2.45) is 0 Å². The normalized spacial score (nSPS) is 11.0. The van der Waals surface area contributed by atoms with Crippen molar-refractivity contribution in [3.63, 3.8) is 0 Å². The Kier molecular flexibility index (Phi) is 3.54. The fraction of sp³-hybridized carbons (Fsp3) is 0.0952. The maximum Gasteiger partial charge on any atom is 0.227 e.